The van der Waals surface area contributed by atoms with Gasteiger partial charge in [0.2, 0.25) is 0 Å². The van der Waals surface area contributed by atoms with Crippen molar-refractivity contribution in [3.8, 4) is 6.07 Å². The second-order valence-corrected chi connectivity index (χ2v) is 3.54. The number of carboxylic acids is 1. The number of nitrogens with zero attached hydrogens (tertiary/aromatic N) is 1. The van der Waals surface area contributed by atoms with Gasteiger partial charge in [-0.2, -0.15) is 18.4 Å². The summed E-state index contributed by atoms with van der Waals surface area (Å²) >= 11 is -0.788. The van der Waals surface area contributed by atoms with Crippen LogP contribution in [0, 0.1) is 11.3 Å². The van der Waals surface area contributed by atoms with Gasteiger partial charge in [0.05, 0.1) is 18.7 Å². The molecule has 0 amide bonds. The highest BCUT2D eigenvalue weighted by atomic mass is 32.2. The van der Waals surface area contributed by atoms with E-state index < -0.39 is 23.3 Å². The summed E-state index contributed by atoms with van der Waals surface area (Å²) in [7, 11) is 0. The molecule has 82 valence electrons. The van der Waals surface area contributed by atoms with Crippen LogP contribution in [0.2, 0.25) is 0 Å². The van der Waals surface area contributed by atoms with Crippen LogP contribution in [0.4, 0.5) is 13.2 Å². The normalized spacial score (nSPS) is 12.0. The Morgan fingerprint density at radius 2 is 2.00 bits per heavy atom. The lowest BCUT2D eigenvalue weighted by atomic mass is 10.6. The maximum absolute atomic E-state index is 10.6. The molecule has 0 aliphatic heterocycles. The molecule has 0 rings (SSSR count). The van der Waals surface area contributed by atoms with Gasteiger partial charge >= 0.3 is 12.1 Å². The summed E-state index contributed by atoms with van der Waals surface area (Å²) < 4.78 is 41.9. The molecule has 0 aliphatic carbocycles. The molecule has 0 fully saturated rings. The largest absolute Gasteiger partial charge is 0.617 e. The molecule has 0 aromatic rings. The van der Waals surface area contributed by atoms with E-state index in [1.54, 1.807) is 6.26 Å². The lowest BCUT2D eigenvalue weighted by Crippen LogP contribution is -2.21. The zero-order valence-corrected chi connectivity index (χ0v) is 7.98. The number of carboxylic acid groups (broad SMARTS) is 1. The van der Waals surface area contributed by atoms with Crippen LogP contribution in [0.15, 0.2) is 0 Å². The summed E-state index contributed by atoms with van der Waals surface area (Å²) in [5, 5.41) is 15.1. The third-order valence-electron chi connectivity index (χ3n) is 0.744. The van der Waals surface area contributed by atoms with Crippen molar-refractivity contribution in [1.29, 1.82) is 5.26 Å². The number of hydrogen-bond donors (Lipinski definition) is 1. The first-order chi connectivity index (χ1) is 6.21. The monoisotopic (exact) mass is 231 g/mol. The molecule has 0 spiro atoms. The van der Waals surface area contributed by atoms with Crippen LogP contribution in [0.3, 0.4) is 0 Å². The van der Waals surface area contributed by atoms with Crippen molar-refractivity contribution in [2.75, 3.05) is 12.0 Å². The molecule has 0 saturated heterocycles. The van der Waals surface area contributed by atoms with E-state index in [4.69, 9.17) is 15.2 Å². The van der Waals surface area contributed by atoms with Gasteiger partial charge in [-0.05, 0) is 0 Å². The fraction of sp³-hybridized carbons (Fsp3) is 0.667. The molecule has 0 aromatic carbocycles. The van der Waals surface area contributed by atoms with Crippen LogP contribution < -0.4 is 0 Å². The maximum Gasteiger partial charge on any atom is 0.490 e. The van der Waals surface area contributed by atoms with Gasteiger partial charge in [0, 0.05) is 0 Å². The van der Waals surface area contributed by atoms with Crippen LogP contribution in [0.25, 0.3) is 0 Å². The molecular formula is C6H8F3NO3S. The molecule has 0 bridgehead atoms. The molecule has 0 aliphatic rings. The van der Waals surface area contributed by atoms with Gasteiger partial charge in [-0.25, -0.2) is 4.79 Å². The van der Waals surface area contributed by atoms with E-state index in [1.165, 1.54) is 0 Å². The second kappa shape index (κ2) is 7.46. The minimum Gasteiger partial charge on any atom is -0.617 e. The van der Waals surface area contributed by atoms with Crippen molar-refractivity contribution in [2.45, 2.75) is 12.6 Å². The fourth-order valence-electron chi connectivity index (χ4n) is 0.189. The lowest BCUT2D eigenvalue weighted by Gasteiger charge is -1.97. The molecule has 1 N–H and O–H groups in total. The van der Waals surface area contributed by atoms with E-state index in [0.717, 1.165) is 0 Å². The Kier molecular flexibility index (Phi) is 8.28. The molecule has 0 aromatic heterocycles. The fourth-order valence-corrected chi connectivity index (χ4v) is 0.568. The van der Waals surface area contributed by atoms with Gasteiger partial charge in [0.25, 0.3) is 0 Å². The van der Waals surface area contributed by atoms with Crippen molar-refractivity contribution in [2.24, 2.45) is 0 Å². The predicted molar refractivity (Wildman–Crippen MR) is 42.9 cm³/mol. The van der Waals surface area contributed by atoms with Crippen LogP contribution >= 0.6 is 0 Å². The third kappa shape index (κ3) is 13.6. The van der Waals surface area contributed by atoms with Crippen LogP contribution in [-0.4, -0.2) is 33.8 Å². The molecule has 14 heavy (non-hydrogen) atoms. The molecular weight excluding hydrogens is 223 g/mol. The first-order valence-corrected chi connectivity index (χ1v) is 4.91. The highest BCUT2D eigenvalue weighted by Gasteiger charge is 2.38. The molecule has 0 heterocycles. The predicted octanol–water partition coefficient (Wildman–Crippen LogP) is 0.912. The first kappa shape index (κ1) is 15.5. The summed E-state index contributed by atoms with van der Waals surface area (Å²) in [6.07, 6.45) is -3.08. The molecule has 0 radical (unpaired) electrons. The highest BCUT2D eigenvalue weighted by molar-refractivity contribution is 7.90. The van der Waals surface area contributed by atoms with Gasteiger partial charge in [-0.3, -0.25) is 0 Å². The zero-order valence-electron chi connectivity index (χ0n) is 7.17. The molecule has 4 nitrogen and oxygen atoms in total. The van der Waals surface area contributed by atoms with Crippen molar-refractivity contribution in [1.82, 2.24) is 0 Å². The number of alkyl halides is 3. The SMILES string of the molecule is C[S+]([O-])CCC#N.O=C(O)C(F)(F)F. The zero-order chi connectivity index (χ0) is 11.8. The standard InChI is InChI=1S/C4H7NOS.C2HF3O2/c1-7(6)4-2-3-5;3-2(4,5)1(6)7/h2,4H2,1H3;(H,6,7). The summed E-state index contributed by atoms with van der Waals surface area (Å²) in [5.41, 5.74) is 0. The van der Waals surface area contributed by atoms with E-state index >= 15 is 0 Å². The number of halogens is 3. The molecule has 8 heteroatoms. The molecule has 1 unspecified atom stereocenters. The Balaban J connectivity index is 0. The van der Waals surface area contributed by atoms with Crippen LogP contribution in [0.1, 0.15) is 6.42 Å². The van der Waals surface area contributed by atoms with Gasteiger partial charge in [0.15, 0.2) is 0 Å². The number of rotatable bonds is 2. The van der Waals surface area contributed by atoms with Crippen LogP contribution in [-0.2, 0) is 16.0 Å². The van der Waals surface area contributed by atoms with E-state index in [9.17, 15) is 17.7 Å². The van der Waals surface area contributed by atoms with Crippen molar-refractivity contribution < 1.29 is 27.6 Å². The Morgan fingerprint density at radius 3 is 2.07 bits per heavy atom. The Bertz CT molecular complexity index is 211. The van der Waals surface area contributed by atoms with Crippen molar-refractivity contribution >= 4 is 17.1 Å². The van der Waals surface area contributed by atoms with Crippen molar-refractivity contribution in [3.63, 3.8) is 0 Å². The molecule has 0 saturated carbocycles. The van der Waals surface area contributed by atoms with E-state index in [1.807, 2.05) is 6.07 Å². The average Bonchev–Trinajstić information content (AvgIpc) is 2.00. The summed E-state index contributed by atoms with van der Waals surface area (Å²) in [5.74, 6) is -2.25. The smallest absolute Gasteiger partial charge is 0.490 e. The van der Waals surface area contributed by atoms with E-state index in [-0.39, 0.29) is 0 Å². The average molecular weight is 231 g/mol. The second-order valence-electron chi connectivity index (χ2n) is 1.99. The van der Waals surface area contributed by atoms with Gasteiger partial charge in [0.1, 0.15) is 5.75 Å². The summed E-state index contributed by atoms with van der Waals surface area (Å²) in [4.78, 5) is 8.90. The van der Waals surface area contributed by atoms with Gasteiger partial charge in [-0.15, -0.1) is 0 Å². The van der Waals surface area contributed by atoms with Crippen LogP contribution in [0.5, 0.6) is 0 Å². The van der Waals surface area contributed by atoms with E-state index in [0.29, 0.717) is 12.2 Å². The van der Waals surface area contributed by atoms with E-state index in [2.05, 4.69) is 0 Å². The number of carbonyl (C=O) groups is 1. The Labute approximate surface area is 81.5 Å². The third-order valence-corrected chi connectivity index (χ3v) is 1.52. The molecule has 1 atom stereocenters. The Hall–Kier alpha value is -0.940. The highest BCUT2D eigenvalue weighted by Crippen LogP contribution is 2.13. The topological polar surface area (TPSA) is 84.1 Å². The summed E-state index contributed by atoms with van der Waals surface area (Å²) in [6.45, 7) is 0. The number of aliphatic carboxylic acids is 1. The van der Waals surface area contributed by atoms with Gasteiger partial charge in [-0.1, -0.05) is 11.2 Å². The van der Waals surface area contributed by atoms with Crippen molar-refractivity contribution in [3.05, 3.63) is 0 Å². The Morgan fingerprint density at radius 1 is 1.64 bits per heavy atom. The number of nitriles is 1. The quantitative estimate of drug-likeness (QED) is 0.716. The maximum atomic E-state index is 10.6. The van der Waals surface area contributed by atoms with Gasteiger partial charge < -0.3 is 9.66 Å². The summed E-state index contributed by atoms with van der Waals surface area (Å²) in [6, 6.07) is 1.91. The lowest BCUT2D eigenvalue weighted by molar-refractivity contribution is -0.192. The minimum absolute atomic E-state index is 0.406. The first-order valence-electron chi connectivity index (χ1n) is 3.19. The number of hydrogen-bond acceptors (Lipinski definition) is 3. The minimum atomic E-state index is -5.08.